The van der Waals surface area contributed by atoms with Crippen molar-refractivity contribution in [2.45, 2.75) is 0 Å². The van der Waals surface area contributed by atoms with Gasteiger partial charge in [0.2, 0.25) is 5.89 Å². The Morgan fingerprint density at radius 2 is 1.89 bits per heavy atom. The number of fused-ring (bicyclic) bond motifs is 1. The summed E-state index contributed by atoms with van der Waals surface area (Å²) < 4.78 is 7.58. The van der Waals surface area contributed by atoms with Gasteiger partial charge in [0.25, 0.3) is 5.91 Å². The van der Waals surface area contributed by atoms with Crippen molar-refractivity contribution in [3.63, 3.8) is 0 Å². The lowest BCUT2D eigenvalue weighted by Gasteiger charge is -2.05. The molecule has 130 valence electrons. The molecule has 4 nitrogen and oxygen atoms in total. The van der Waals surface area contributed by atoms with E-state index in [1.807, 2.05) is 71.4 Å². The molecule has 3 heterocycles. The molecule has 0 aliphatic carbocycles. The third kappa shape index (κ3) is 2.78. The predicted molar refractivity (Wildman–Crippen MR) is 107 cm³/mol. The summed E-state index contributed by atoms with van der Waals surface area (Å²) in [6.07, 6.45) is 3.54. The fourth-order valence-electron chi connectivity index (χ4n) is 3.12. The summed E-state index contributed by atoms with van der Waals surface area (Å²) in [7, 11) is 0. The molecule has 0 unspecified atom stereocenters. The molecule has 0 aliphatic rings. The number of oxazole rings is 1. The lowest BCUT2D eigenvalue weighted by atomic mass is 10.1. The minimum Gasteiger partial charge on any atom is -0.436 e. The normalized spacial score (nSPS) is 11.1. The Hall–Kier alpha value is -3.44. The van der Waals surface area contributed by atoms with Crippen LogP contribution in [0.25, 0.3) is 33.7 Å². The first-order valence-corrected chi connectivity index (χ1v) is 9.43. The molecule has 0 spiro atoms. The number of rotatable bonds is 3. The summed E-state index contributed by atoms with van der Waals surface area (Å²) in [5.41, 5.74) is 3.44. The molecule has 0 aliphatic heterocycles. The van der Waals surface area contributed by atoms with Crippen LogP contribution in [0, 0.1) is 0 Å². The third-order valence-electron chi connectivity index (χ3n) is 4.49. The Morgan fingerprint density at radius 1 is 1.00 bits per heavy atom. The molecule has 3 aromatic heterocycles. The molecular weight excluding hydrogens is 356 g/mol. The van der Waals surface area contributed by atoms with Crippen LogP contribution in [0.15, 0.2) is 88.2 Å². The zero-order chi connectivity index (χ0) is 18.2. The van der Waals surface area contributed by atoms with E-state index in [1.54, 1.807) is 28.3 Å². The van der Waals surface area contributed by atoms with Gasteiger partial charge in [-0.05, 0) is 47.8 Å². The van der Waals surface area contributed by atoms with Gasteiger partial charge in [-0.1, -0.05) is 18.2 Å². The molecule has 5 heteroatoms. The van der Waals surface area contributed by atoms with Gasteiger partial charge < -0.3 is 4.42 Å². The zero-order valence-electron chi connectivity index (χ0n) is 14.2. The number of hydrogen-bond acceptors (Lipinski definition) is 4. The second kappa shape index (κ2) is 6.37. The van der Waals surface area contributed by atoms with Gasteiger partial charge in [0.1, 0.15) is 0 Å². The molecule has 0 saturated carbocycles. The first-order chi connectivity index (χ1) is 13.3. The standard InChI is InChI=1S/C22H14N2O2S/c25-22(15-4-2-1-3-5-15)24-10-8-16-12-17(6-7-19(16)24)20-13-23-21(26-20)18-9-11-27-14-18/h1-14H. The van der Waals surface area contributed by atoms with Crippen molar-refractivity contribution in [1.82, 2.24) is 9.55 Å². The van der Waals surface area contributed by atoms with Crippen LogP contribution >= 0.6 is 11.3 Å². The van der Waals surface area contributed by atoms with Crippen LogP contribution in [0.2, 0.25) is 0 Å². The Balaban J connectivity index is 1.51. The van der Waals surface area contributed by atoms with Gasteiger partial charge >= 0.3 is 0 Å². The highest BCUT2D eigenvalue weighted by atomic mass is 32.1. The highest BCUT2D eigenvalue weighted by Gasteiger charge is 2.13. The summed E-state index contributed by atoms with van der Waals surface area (Å²) in [5, 5.41) is 4.98. The van der Waals surface area contributed by atoms with E-state index in [4.69, 9.17) is 4.42 Å². The third-order valence-corrected chi connectivity index (χ3v) is 5.17. The van der Waals surface area contributed by atoms with Gasteiger partial charge in [0, 0.05) is 33.7 Å². The summed E-state index contributed by atoms with van der Waals surface area (Å²) >= 11 is 1.61. The first kappa shape index (κ1) is 15.8. The number of aromatic nitrogens is 2. The number of benzene rings is 2. The molecule has 0 fully saturated rings. The Morgan fingerprint density at radius 3 is 2.70 bits per heavy atom. The SMILES string of the molecule is O=C(c1ccccc1)n1ccc2cc(-c3cnc(-c4ccsc4)o3)ccc21. The topological polar surface area (TPSA) is 48.0 Å². The molecule has 27 heavy (non-hydrogen) atoms. The number of carbonyl (C=O) groups excluding carboxylic acids is 1. The Kier molecular flexibility index (Phi) is 3.73. The number of nitrogens with zero attached hydrogens (tertiary/aromatic N) is 2. The molecule has 0 bridgehead atoms. The Bertz CT molecular complexity index is 1230. The van der Waals surface area contributed by atoms with Crippen LogP contribution in [0.4, 0.5) is 0 Å². The smallest absolute Gasteiger partial charge is 0.262 e. The van der Waals surface area contributed by atoms with E-state index < -0.39 is 0 Å². The summed E-state index contributed by atoms with van der Waals surface area (Å²) in [4.78, 5) is 17.1. The van der Waals surface area contributed by atoms with E-state index in [1.165, 1.54) is 0 Å². The van der Waals surface area contributed by atoms with E-state index in [-0.39, 0.29) is 5.91 Å². The predicted octanol–water partition coefficient (Wildman–Crippen LogP) is 5.71. The van der Waals surface area contributed by atoms with Crippen LogP contribution in [0.3, 0.4) is 0 Å². The van der Waals surface area contributed by atoms with Gasteiger partial charge in [-0.25, -0.2) is 4.98 Å². The number of hydrogen-bond donors (Lipinski definition) is 0. The van der Waals surface area contributed by atoms with Crippen molar-refractivity contribution in [2.24, 2.45) is 0 Å². The fourth-order valence-corrected chi connectivity index (χ4v) is 3.75. The maximum Gasteiger partial charge on any atom is 0.262 e. The second-order valence-corrected chi connectivity index (χ2v) is 6.95. The molecule has 5 aromatic rings. The largest absolute Gasteiger partial charge is 0.436 e. The van der Waals surface area contributed by atoms with Gasteiger partial charge in [0.05, 0.1) is 11.7 Å². The zero-order valence-corrected chi connectivity index (χ0v) is 15.0. The summed E-state index contributed by atoms with van der Waals surface area (Å²) in [6, 6.07) is 19.1. The van der Waals surface area contributed by atoms with Gasteiger partial charge in [-0.3, -0.25) is 9.36 Å². The average Bonchev–Trinajstić information content (AvgIpc) is 3.47. The first-order valence-electron chi connectivity index (χ1n) is 8.49. The van der Waals surface area contributed by atoms with Crippen LogP contribution in [0.5, 0.6) is 0 Å². The summed E-state index contributed by atoms with van der Waals surface area (Å²) in [6.45, 7) is 0. The maximum atomic E-state index is 12.7. The monoisotopic (exact) mass is 370 g/mol. The fraction of sp³-hybridized carbons (Fsp3) is 0. The molecule has 0 radical (unpaired) electrons. The van der Waals surface area contributed by atoms with E-state index in [2.05, 4.69) is 4.98 Å². The van der Waals surface area contributed by atoms with E-state index >= 15 is 0 Å². The van der Waals surface area contributed by atoms with E-state index in [0.29, 0.717) is 17.2 Å². The highest BCUT2D eigenvalue weighted by Crippen LogP contribution is 2.29. The van der Waals surface area contributed by atoms with Crippen molar-refractivity contribution in [3.8, 4) is 22.8 Å². The van der Waals surface area contributed by atoms with Crippen LogP contribution < -0.4 is 0 Å². The van der Waals surface area contributed by atoms with Crippen molar-refractivity contribution >= 4 is 28.1 Å². The number of carbonyl (C=O) groups is 1. The van der Waals surface area contributed by atoms with Gasteiger partial charge in [-0.2, -0.15) is 11.3 Å². The Labute approximate surface area is 159 Å². The molecule has 5 rings (SSSR count). The lowest BCUT2D eigenvalue weighted by Crippen LogP contribution is -2.10. The molecule has 0 amide bonds. The van der Waals surface area contributed by atoms with E-state index in [0.717, 1.165) is 22.0 Å². The highest BCUT2D eigenvalue weighted by molar-refractivity contribution is 7.08. The van der Waals surface area contributed by atoms with Crippen LogP contribution in [-0.4, -0.2) is 15.5 Å². The number of thiophene rings is 1. The average molecular weight is 370 g/mol. The van der Waals surface area contributed by atoms with Gasteiger partial charge in [0.15, 0.2) is 5.76 Å². The molecular formula is C22H14N2O2S. The van der Waals surface area contributed by atoms with Crippen molar-refractivity contribution in [2.75, 3.05) is 0 Å². The van der Waals surface area contributed by atoms with Crippen molar-refractivity contribution < 1.29 is 9.21 Å². The van der Waals surface area contributed by atoms with Gasteiger partial charge in [-0.15, -0.1) is 0 Å². The second-order valence-electron chi connectivity index (χ2n) is 6.17. The van der Waals surface area contributed by atoms with Crippen molar-refractivity contribution in [1.29, 1.82) is 0 Å². The molecule has 0 atom stereocenters. The molecule has 0 saturated heterocycles. The molecule has 0 N–H and O–H groups in total. The van der Waals surface area contributed by atoms with Crippen molar-refractivity contribution in [3.05, 3.63) is 89.4 Å². The van der Waals surface area contributed by atoms with Crippen LogP contribution in [-0.2, 0) is 0 Å². The van der Waals surface area contributed by atoms with Crippen LogP contribution in [0.1, 0.15) is 10.4 Å². The maximum absolute atomic E-state index is 12.7. The lowest BCUT2D eigenvalue weighted by molar-refractivity contribution is 0.0965. The quantitative estimate of drug-likeness (QED) is 0.408. The van der Waals surface area contributed by atoms with E-state index in [9.17, 15) is 4.79 Å². The summed E-state index contributed by atoms with van der Waals surface area (Å²) in [5.74, 6) is 1.28. The minimum absolute atomic E-state index is 0.0437. The minimum atomic E-state index is -0.0437. The molecule has 2 aromatic carbocycles.